The van der Waals surface area contributed by atoms with Crippen LogP contribution in [0.5, 0.6) is 5.75 Å². The van der Waals surface area contributed by atoms with Gasteiger partial charge in [0, 0.05) is 7.05 Å². The van der Waals surface area contributed by atoms with Gasteiger partial charge in [-0.15, -0.1) is 0 Å². The quantitative estimate of drug-likeness (QED) is 0.638. The summed E-state index contributed by atoms with van der Waals surface area (Å²) in [6, 6.07) is 9.40. The molecule has 0 unspecified atom stereocenters. The number of ether oxygens (including phenoxy) is 2. The van der Waals surface area contributed by atoms with Gasteiger partial charge in [-0.25, -0.2) is 4.79 Å². The van der Waals surface area contributed by atoms with Crippen LogP contribution in [0.2, 0.25) is 0 Å². The Balaban J connectivity index is 2.12. The van der Waals surface area contributed by atoms with E-state index < -0.39 is 5.97 Å². The molecule has 0 bridgehead atoms. The Morgan fingerprint density at radius 1 is 1.33 bits per heavy atom. The first kappa shape index (κ1) is 14.7. The molecule has 1 heterocycles. The topological polar surface area (TPSA) is 53.4 Å². The second-order valence-electron chi connectivity index (χ2n) is 4.33. The van der Waals surface area contributed by atoms with Gasteiger partial charge in [-0.2, -0.15) is 5.10 Å². The molecule has 0 saturated heterocycles. The van der Waals surface area contributed by atoms with E-state index in [0.717, 1.165) is 11.4 Å². The molecule has 2 aromatic rings. The van der Waals surface area contributed by atoms with E-state index in [9.17, 15) is 4.79 Å². The highest BCUT2D eigenvalue weighted by Gasteiger charge is 2.19. The zero-order chi connectivity index (χ0) is 15.2. The predicted molar refractivity (Wildman–Crippen MR) is 78.1 cm³/mol. The minimum Gasteiger partial charge on any atom is -0.481 e. The van der Waals surface area contributed by atoms with Crippen molar-refractivity contribution in [2.75, 3.05) is 13.7 Å². The van der Waals surface area contributed by atoms with Crippen LogP contribution >= 0.6 is 0 Å². The molecule has 1 aromatic heterocycles. The van der Waals surface area contributed by atoms with Gasteiger partial charge in [-0.05, 0) is 25.0 Å². The summed E-state index contributed by atoms with van der Waals surface area (Å²) in [7, 11) is 3.10. The lowest BCUT2D eigenvalue weighted by molar-refractivity contribution is 0.0599. The van der Waals surface area contributed by atoms with Crippen LogP contribution in [0.4, 0.5) is 0 Å². The average molecular weight is 284 g/mol. The minimum atomic E-state index is -0.436. The number of aryl methyl sites for hydroxylation is 1. The van der Waals surface area contributed by atoms with Gasteiger partial charge in [-0.3, -0.25) is 4.68 Å². The molecule has 0 N–H and O–H groups in total. The fraction of sp³-hybridized carbons (Fsp3) is 0.250. The lowest BCUT2D eigenvalue weighted by Crippen LogP contribution is -2.05. The van der Waals surface area contributed by atoms with Gasteiger partial charge in [0.1, 0.15) is 23.6 Å². The molecule has 5 heteroatoms. The molecule has 0 atom stereocenters. The summed E-state index contributed by atoms with van der Waals surface area (Å²) in [5, 5.41) is 4.21. The molecule has 0 aliphatic carbocycles. The second kappa shape index (κ2) is 6.62. The summed E-state index contributed by atoms with van der Waals surface area (Å²) < 4.78 is 11.8. The van der Waals surface area contributed by atoms with Crippen LogP contribution in [0, 0.1) is 18.8 Å². The highest BCUT2D eigenvalue weighted by atomic mass is 16.5. The molecule has 0 amide bonds. The first-order valence-electron chi connectivity index (χ1n) is 6.42. The molecule has 108 valence electrons. The Bertz CT molecular complexity index is 694. The average Bonchev–Trinajstić information content (AvgIpc) is 2.79. The standard InChI is InChI=1S/C16H16N2O3/c1-12-15(16(19)20-3)14(17-18(12)2)10-7-11-21-13-8-5-4-6-9-13/h4-6,8-9H,11H2,1-3H3. The normalized spacial score (nSPS) is 9.67. The number of para-hydroxylation sites is 1. The number of nitrogens with zero attached hydrogens (tertiary/aromatic N) is 2. The van der Waals surface area contributed by atoms with Gasteiger partial charge in [0.25, 0.3) is 0 Å². The van der Waals surface area contributed by atoms with Crippen LogP contribution in [-0.2, 0) is 11.8 Å². The Labute approximate surface area is 123 Å². The van der Waals surface area contributed by atoms with Crippen molar-refractivity contribution in [2.24, 2.45) is 7.05 Å². The lowest BCUT2D eigenvalue weighted by Gasteiger charge is -1.99. The lowest BCUT2D eigenvalue weighted by atomic mass is 10.2. The molecule has 0 fully saturated rings. The van der Waals surface area contributed by atoms with Crippen LogP contribution in [0.3, 0.4) is 0 Å². The third-order valence-corrected chi connectivity index (χ3v) is 2.98. The summed E-state index contributed by atoms with van der Waals surface area (Å²) in [4.78, 5) is 11.7. The number of benzene rings is 1. The number of aromatic nitrogens is 2. The fourth-order valence-electron chi connectivity index (χ4n) is 1.80. The van der Waals surface area contributed by atoms with Crippen molar-refractivity contribution in [2.45, 2.75) is 6.92 Å². The van der Waals surface area contributed by atoms with Crippen molar-refractivity contribution < 1.29 is 14.3 Å². The first-order chi connectivity index (χ1) is 10.1. The van der Waals surface area contributed by atoms with Crippen LogP contribution in [0.25, 0.3) is 0 Å². The van der Waals surface area contributed by atoms with Crippen molar-refractivity contribution in [3.8, 4) is 17.6 Å². The summed E-state index contributed by atoms with van der Waals surface area (Å²) >= 11 is 0. The van der Waals surface area contributed by atoms with E-state index in [-0.39, 0.29) is 6.61 Å². The molecular formula is C16H16N2O3. The summed E-state index contributed by atoms with van der Waals surface area (Å²) in [5.74, 6) is 6.02. The molecule has 5 nitrogen and oxygen atoms in total. The highest BCUT2D eigenvalue weighted by molar-refractivity contribution is 5.93. The molecule has 2 rings (SSSR count). The second-order valence-corrected chi connectivity index (χ2v) is 4.33. The third-order valence-electron chi connectivity index (χ3n) is 2.98. The smallest absolute Gasteiger partial charge is 0.342 e. The van der Waals surface area contributed by atoms with Crippen LogP contribution in [-0.4, -0.2) is 29.5 Å². The number of rotatable bonds is 3. The Morgan fingerprint density at radius 3 is 2.71 bits per heavy atom. The summed E-state index contributed by atoms with van der Waals surface area (Å²) in [6.07, 6.45) is 0. The number of hydrogen-bond acceptors (Lipinski definition) is 4. The van der Waals surface area contributed by atoms with Gasteiger partial charge < -0.3 is 9.47 Å². The van der Waals surface area contributed by atoms with E-state index in [2.05, 4.69) is 16.9 Å². The predicted octanol–water partition coefficient (Wildman–Crippen LogP) is 1.95. The molecule has 1 aromatic carbocycles. The summed E-state index contributed by atoms with van der Waals surface area (Å²) in [5.41, 5.74) is 1.51. The Kier molecular flexibility index (Phi) is 4.62. The van der Waals surface area contributed by atoms with Gasteiger partial charge in [0.05, 0.1) is 12.8 Å². The first-order valence-corrected chi connectivity index (χ1v) is 6.42. The zero-order valence-corrected chi connectivity index (χ0v) is 12.2. The number of carbonyl (C=O) groups is 1. The number of methoxy groups -OCH3 is 1. The number of esters is 1. The van der Waals surface area contributed by atoms with Gasteiger partial charge in [0.2, 0.25) is 0 Å². The van der Waals surface area contributed by atoms with Crippen LogP contribution in [0.15, 0.2) is 30.3 Å². The zero-order valence-electron chi connectivity index (χ0n) is 12.2. The monoisotopic (exact) mass is 284 g/mol. The van der Waals surface area contributed by atoms with Gasteiger partial charge in [-0.1, -0.05) is 24.1 Å². The Morgan fingerprint density at radius 2 is 2.05 bits per heavy atom. The number of hydrogen-bond donors (Lipinski definition) is 0. The van der Waals surface area contributed by atoms with E-state index in [1.165, 1.54) is 7.11 Å². The van der Waals surface area contributed by atoms with E-state index in [4.69, 9.17) is 9.47 Å². The van der Waals surface area contributed by atoms with E-state index in [1.807, 2.05) is 30.3 Å². The van der Waals surface area contributed by atoms with Crippen molar-refractivity contribution in [1.29, 1.82) is 0 Å². The molecule has 0 saturated carbocycles. The summed E-state index contributed by atoms with van der Waals surface area (Å²) in [6.45, 7) is 2.02. The highest BCUT2D eigenvalue weighted by Crippen LogP contribution is 2.13. The van der Waals surface area contributed by atoms with E-state index in [0.29, 0.717) is 11.3 Å². The SMILES string of the molecule is COC(=O)c1c(C#CCOc2ccccc2)nn(C)c1C. The molecule has 21 heavy (non-hydrogen) atoms. The molecule has 0 aliphatic rings. The molecule has 0 radical (unpaired) electrons. The Hall–Kier alpha value is -2.74. The van der Waals surface area contributed by atoms with Gasteiger partial charge in [0.15, 0.2) is 0 Å². The van der Waals surface area contributed by atoms with Crippen LogP contribution < -0.4 is 4.74 Å². The maximum absolute atomic E-state index is 11.7. The van der Waals surface area contributed by atoms with Crippen molar-refractivity contribution in [3.63, 3.8) is 0 Å². The van der Waals surface area contributed by atoms with Crippen LogP contribution in [0.1, 0.15) is 21.7 Å². The minimum absolute atomic E-state index is 0.222. The van der Waals surface area contributed by atoms with E-state index in [1.54, 1.807) is 18.7 Å². The maximum Gasteiger partial charge on any atom is 0.342 e. The van der Waals surface area contributed by atoms with Crippen molar-refractivity contribution >= 4 is 5.97 Å². The molecule has 0 spiro atoms. The third kappa shape index (κ3) is 3.42. The molecule has 0 aliphatic heterocycles. The number of carbonyl (C=O) groups excluding carboxylic acids is 1. The van der Waals surface area contributed by atoms with Crippen molar-refractivity contribution in [3.05, 3.63) is 47.3 Å². The van der Waals surface area contributed by atoms with Crippen molar-refractivity contribution in [1.82, 2.24) is 9.78 Å². The van der Waals surface area contributed by atoms with Gasteiger partial charge >= 0.3 is 5.97 Å². The fourth-order valence-corrected chi connectivity index (χ4v) is 1.80. The van der Waals surface area contributed by atoms with E-state index >= 15 is 0 Å². The largest absolute Gasteiger partial charge is 0.481 e. The maximum atomic E-state index is 11.7. The molecular weight excluding hydrogens is 268 g/mol.